The molecular formula is C27H26BrN2+. The topological polar surface area (TPSA) is 7.12 Å². The maximum absolute atomic E-state index is 3.71. The highest BCUT2D eigenvalue weighted by Crippen LogP contribution is 2.30. The van der Waals surface area contributed by atoms with Crippen molar-refractivity contribution in [2.75, 3.05) is 11.4 Å². The van der Waals surface area contributed by atoms with Gasteiger partial charge in [-0.15, -0.1) is 0 Å². The standard InChI is InChI=1S/C27H26BrN2/c1-3-29-24(17-13-21-9-5-7-11-26(21)29)19-15-23(28)16-20-25-18-14-22-10-6-8-12-27(22)30(25)4-2/h5-20H,3-4H2,1-2H3/q+1. The van der Waals surface area contributed by atoms with Gasteiger partial charge in [-0.25, -0.2) is 0 Å². The van der Waals surface area contributed by atoms with E-state index in [1.807, 2.05) is 0 Å². The monoisotopic (exact) mass is 457 g/mol. The summed E-state index contributed by atoms with van der Waals surface area (Å²) in [5.41, 5.74) is 6.16. The average Bonchev–Trinajstić information content (AvgIpc) is 2.80. The molecule has 2 nitrogen and oxygen atoms in total. The third-order valence-electron chi connectivity index (χ3n) is 5.40. The van der Waals surface area contributed by atoms with E-state index in [2.05, 4.69) is 136 Å². The molecule has 3 heteroatoms. The van der Waals surface area contributed by atoms with Crippen molar-refractivity contribution < 1.29 is 4.57 Å². The van der Waals surface area contributed by atoms with Crippen LogP contribution in [-0.2, 0) is 6.54 Å². The van der Waals surface area contributed by atoms with Gasteiger partial charge in [-0.2, -0.15) is 4.57 Å². The second-order valence-corrected chi connectivity index (χ2v) is 8.09. The van der Waals surface area contributed by atoms with Crippen molar-refractivity contribution in [3.63, 3.8) is 0 Å². The van der Waals surface area contributed by atoms with Crippen LogP contribution in [0.1, 0.15) is 25.1 Å². The van der Waals surface area contributed by atoms with Crippen molar-refractivity contribution in [1.82, 2.24) is 0 Å². The lowest BCUT2D eigenvalue weighted by Gasteiger charge is -2.29. The molecule has 0 N–H and O–H groups in total. The van der Waals surface area contributed by atoms with E-state index in [9.17, 15) is 0 Å². The molecule has 0 bridgehead atoms. The summed E-state index contributed by atoms with van der Waals surface area (Å²) in [6, 6.07) is 21.4. The minimum absolute atomic E-state index is 0.933. The van der Waals surface area contributed by atoms with E-state index in [0.29, 0.717) is 0 Å². The zero-order valence-corrected chi connectivity index (χ0v) is 19.0. The number of aryl methyl sites for hydroxylation is 1. The summed E-state index contributed by atoms with van der Waals surface area (Å²) in [6.45, 7) is 6.24. The summed E-state index contributed by atoms with van der Waals surface area (Å²) in [5.74, 6) is 0. The number of allylic oxidation sites excluding steroid dienone is 5. The number of anilines is 1. The highest BCUT2D eigenvalue weighted by Gasteiger charge is 2.14. The van der Waals surface area contributed by atoms with Crippen molar-refractivity contribution in [1.29, 1.82) is 0 Å². The second-order valence-electron chi connectivity index (χ2n) is 7.17. The molecule has 0 atom stereocenters. The molecule has 0 unspecified atom stereocenters. The third kappa shape index (κ3) is 4.17. The molecule has 1 aliphatic heterocycles. The number of rotatable bonds is 5. The number of fused-ring (bicyclic) bond motifs is 2. The van der Waals surface area contributed by atoms with Crippen molar-refractivity contribution in [2.45, 2.75) is 20.4 Å². The molecule has 0 aliphatic carbocycles. The van der Waals surface area contributed by atoms with Crippen LogP contribution in [0.15, 0.2) is 95.1 Å². The Morgan fingerprint density at radius 1 is 0.967 bits per heavy atom. The van der Waals surface area contributed by atoms with Gasteiger partial charge < -0.3 is 4.90 Å². The first kappa shape index (κ1) is 20.4. The van der Waals surface area contributed by atoms with E-state index < -0.39 is 0 Å². The van der Waals surface area contributed by atoms with Gasteiger partial charge in [0.25, 0.3) is 0 Å². The van der Waals surface area contributed by atoms with Crippen LogP contribution in [0.25, 0.3) is 23.1 Å². The van der Waals surface area contributed by atoms with Crippen molar-refractivity contribution >= 4 is 44.7 Å². The number of pyridine rings is 1. The molecule has 0 spiro atoms. The maximum Gasteiger partial charge on any atom is 0.212 e. The van der Waals surface area contributed by atoms with Crippen LogP contribution in [-0.4, -0.2) is 6.54 Å². The molecule has 0 saturated heterocycles. The molecule has 2 aromatic carbocycles. The van der Waals surface area contributed by atoms with Crippen LogP contribution in [0.4, 0.5) is 5.69 Å². The lowest BCUT2D eigenvalue weighted by atomic mass is 10.1. The molecule has 0 saturated carbocycles. The molecule has 1 aromatic heterocycles. The summed E-state index contributed by atoms with van der Waals surface area (Å²) >= 11 is 3.71. The Kier molecular flexibility index (Phi) is 6.29. The minimum atomic E-state index is 0.933. The average molecular weight is 458 g/mol. The van der Waals surface area contributed by atoms with Gasteiger partial charge in [0.15, 0.2) is 0 Å². The molecule has 4 rings (SSSR count). The molecule has 3 aromatic rings. The van der Waals surface area contributed by atoms with Crippen LogP contribution < -0.4 is 9.47 Å². The largest absolute Gasteiger partial charge is 0.341 e. The lowest BCUT2D eigenvalue weighted by Crippen LogP contribution is -2.36. The maximum atomic E-state index is 3.71. The number of hydrogen-bond acceptors (Lipinski definition) is 1. The Morgan fingerprint density at radius 3 is 2.60 bits per heavy atom. The Bertz CT molecular complexity index is 1180. The van der Waals surface area contributed by atoms with E-state index in [1.54, 1.807) is 0 Å². The first-order chi connectivity index (χ1) is 14.7. The zero-order valence-electron chi connectivity index (χ0n) is 17.4. The molecular weight excluding hydrogens is 432 g/mol. The quantitative estimate of drug-likeness (QED) is 0.299. The van der Waals surface area contributed by atoms with Gasteiger partial charge in [-0.1, -0.05) is 52.3 Å². The highest BCUT2D eigenvalue weighted by molar-refractivity contribution is 9.11. The number of benzene rings is 2. The Labute approximate surface area is 187 Å². The van der Waals surface area contributed by atoms with Crippen molar-refractivity contribution in [3.8, 4) is 0 Å². The fourth-order valence-corrected chi connectivity index (χ4v) is 4.20. The van der Waals surface area contributed by atoms with Gasteiger partial charge in [-0.3, -0.25) is 0 Å². The summed E-state index contributed by atoms with van der Waals surface area (Å²) in [7, 11) is 0. The van der Waals surface area contributed by atoms with Crippen LogP contribution in [0, 0.1) is 0 Å². The summed E-state index contributed by atoms with van der Waals surface area (Å²) < 4.78 is 3.37. The van der Waals surface area contributed by atoms with E-state index in [0.717, 1.165) is 17.6 Å². The first-order valence-electron chi connectivity index (χ1n) is 10.4. The Morgan fingerprint density at radius 2 is 1.77 bits per heavy atom. The van der Waals surface area contributed by atoms with Gasteiger partial charge in [0, 0.05) is 46.0 Å². The number of nitrogens with zero attached hydrogens (tertiary/aromatic N) is 2. The SMILES string of the molecule is CCN1\C(=C/C=C(Br)/C=C/c2ccc3ccccc3[n+]2CC)C=Cc2ccccc21. The van der Waals surface area contributed by atoms with Crippen LogP contribution in [0.3, 0.4) is 0 Å². The Balaban J connectivity index is 1.59. The van der Waals surface area contributed by atoms with Crippen LogP contribution in [0.2, 0.25) is 0 Å². The minimum Gasteiger partial charge on any atom is -0.341 e. The normalized spacial score (nSPS) is 15.4. The van der Waals surface area contributed by atoms with E-state index in [4.69, 9.17) is 0 Å². The van der Waals surface area contributed by atoms with E-state index >= 15 is 0 Å². The number of likely N-dealkylation sites (N-methyl/N-ethyl adjacent to an activating group) is 1. The van der Waals surface area contributed by atoms with Crippen LogP contribution >= 0.6 is 15.9 Å². The summed E-state index contributed by atoms with van der Waals surface area (Å²) in [6.07, 6.45) is 12.9. The molecule has 30 heavy (non-hydrogen) atoms. The number of para-hydroxylation sites is 2. The predicted octanol–water partition coefficient (Wildman–Crippen LogP) is 6.88. The summed E-state index contributed by atoms with van der Waals surface area (Å²) in [4.78, 5) is 2.34. The smallest absolute Gasteiger partial charge is 0.212 e. The molecule has 0 amide bonds. The second kappa shape index (κ2) is 9.27. The van der Waals surface area contributed by atoms with Crippen molar-refractivity contribution in [2.24, 2.45) is 0 Å². The molecule has 150 valence electrons. The van der Waals surface area contributed by atoms with Gasteiger partial charge in [0.2, 0.25) is 11.2 Å². The van der Waals surface area contributed by atoms with Gasteiger partial charge in [-0.05, 0) is 61.9 Å². The summed E-state index contributed by atoms with van der Waals surface area (Å²) in [5, 5.41) is 1.26. The predicted molar refractivity (Wildman–Crippen MR) is 132 cm³/mol. The number of hydrogen-bond donors (Lipinski definition) is 0. The third-order valence-corrected chi connectivity index (χ3v) is 5.93. The highest BCUT2D eigenvalue weighted by atomic mass is 79.9. The zero-order chi connectivity index (χ0) is 20.9. The van der Waals surface area contributed by atoms with Gasteiger partial charge in [0.05, 0.1) is 0 Å². The van der Waals surface area contributed by atoms with E-state index in [-0.39, 0.29) is 0 Å². The fraction of sp³-hybridized carbons (Fsp3) is 0.148. The number of halogens is 1. The van der Waals surface area contributed by atoms with Gasteiger partial charge >= 0.3 is 0 Å². The number of aromatic nitrogens is 1. The Hall–Kier alpha value is -2.91. The van der Waals surface area contributed by atoms with Crippen molar-refractivity contribution in [3.05, 3.63) is 106 Å². The van der Waals surface area contributed by atoms with Crippen LogP contribution in [0.5, 0.6) is 0 Å². The molecule has 0 fully saturated rings. The molecule has 0 radical (unpaired) electrons. The lowest BCUT2D eigenvalue weighted by molar-refractivity contribution is -0.669. The van der Waals surface area contributed by atoms with E-state index in [1.165, 1.54) is 33.5 Å². The molecule has 1 aliphatic rings. The fourth-order valence-electron chi connectivity index (χ4n) is 3.94. The molecule has 2 heterocycles. The van der Waals surface area contributed by atoms with Gasteiger partial charge in [0.1, 0.15) is 6.54 Å². The first-order valence-corrected chi connectivity index (χ1v) is 11.2.